The van der Waals surface area contributed by atoms with Crippen LogP contribution >= 0.6 is 11.8 Å². The first kappa shape index (κ1) is 17.2. The summed E-state index contributed by atoms with van der Waals surface area (Å²) in [5, 5.41) is 12.8. The number of amidine groups is 1. The second-order valence-corrected chi connectivity index (χ2v) is 7.51. The molecule has 1 N–H and O–H groups in total. The number of para-hydroxylation sites is 1. The minimum Gasteiger partial charge on any atom is -0.493 e. The SMILES string of the molecule is COc1ccc([C@]2(O)CN(c3ccccc3)C3=[N+]2CCCS3)cc1OC. The zero-order chi connectivity index (χ0) is 18.1. The number of hydrogen-bond acceptors (Lipinski definition) is 5. The highest BCUT2D eigenvalue weighted by atomic mass is 32.2. The highest BCUT2D eigenvalue weighted by Crippen LogP contribution is 2.40. The van der Waals surface area contributed by atoms with Crippen molar-refractivity contribution < 1.29 is 19.2 Å². The Balaban J connectivity index is 1.79. The van der Waals surface area contributed by atoms with Crippen LogP contribution in [0.3, 0.4) is 0 Å². The van der Waals surface area contributed by atoms with E-state index in [2.05, 4.69) is 21.6 Å². The van der Waals surface area contributed by atoms with Gasteiger partial charge in [0.2, 0.25) is 0 Å². The molecule has 0 saturated carbocycles. The van der Waals surface area contributed by atoms with Gasteiger partial charge in [0.05, 0.1) is 20.8 Å². The van der Waals surface area contributed by atoms with Gasteiger partial charge in [-0.05, 0) is 48.5 Å². The molecular weight excluding hydrogens is 348 g/mol. The monoisotopic (exact) mass is 371 g/mol. The number of thioether (sulfide) groups is 1. The van der Waals surface area contributed by atoms with Crippen molar-refractivity contribution in [1.29, 1.82) is 0 Å². The van der Waals surface area contributed by atoms with Crippen LogP contribution in [0, 0.1) is 0 Å². The van der Waals surface area contributed by atoms with Crippen LogP contribution in [0.1, 0.15) is 12.0 Å². The lowest BCUT2D eigenvalue weighted by molar-refractivity contribution is -0.656. The lowest BCUT2D eigenvalue weighted by Gasteiger charge is -2.25. The Labute approximate surface area is 157 Å². The first-order valence-corrected chi connectivity index (χ1v) is 9.71. The number of aliphatic hydroxyl groups is 1. The van der Waals surface area contributed by atoms with Gasteiger partial charge in [-0.25, -0.2) is 9.48 Å². The fourth-order valence-corrected chi connectivity index (χ4v) is 4.82. The molecule has 2 aromatic rings. The minimum atomic E-state index is -1.10. The third-order valence-corrected chi connectivity index (χ3v) is 6.15. The molecule has 6 heteroatoms. The number of ether oxygens (including phenoxy) is 2. The van der Waals surface area contributed by atoms with Crippen molar-refractivity contribution in [3.05, 3.63) is 54.1 Å². The quantitative estimate of drug-likeness (QED) is 0.838. The van der Waals surface area contributed by atoms with Crippen LogP contribution in [0.4, 0.5) is 5.69 Å². The van der Waals surface area contributed by atoms with Gasteiger partial charge in [-0.2, -0.15) is 0 Å². The molecule has 0 radical (unpaired) electrons. The van der Waals surface area contributed by atoms with Crippen LogP contribution in [-0.4, -0.2) is 47.9 Å². The normalized spacial score (nSPS) is 22.3. The van der Waals surface area contributed by atoms with Crippen LogP contribution in [0.2, 0.25) is 0 Å². The Kier molecular flexibility index (Phi) is 4.54. The predicted molar refractivity (Wildman–Crippen MR) is 104 cm³/mol. The van der Waals surface area contributed by atoms with Crippen LogP contribution in [0.25, 0.3) is 0 Å². The fraction of sp³-hybridized carbons (Fsp3) is 0.350. The maximum absolute atomic E-state index is 11.7. The van der Waals surface area contributed by atoms with E-state index in [0.717, 1.165) is 35.1 Å². The predicted octanol–water partition coefficient (Wildman–Crippen LogP) is 2.87. The van der Waals surface area contributed by atoms with E-state index in [0.29, 0.717) is 18.0 Å². The molecule has 2 aromatic carbocycles. The second kappa shape index (κ2) is 6.85. The van der Waals surface area contributed by atoms with E-state index in [1.807, 2.05) is 36.4 Å². The van der Waals surface area contributed by atoms with E-state index in [-0.39, 0.29) is 0 Å². The summed E-state index contributed by atoms with van der Waals surface area (Å²) in [4.78, 5) is 2.21. The van der Waals surface area contributed by atoms with Crippen LogP contribution < -0.4 is 14.4 Å². The largest absolute Gasteiger partial charge is 0.493 e. The highest BCUT2D eigenvalue weighted by molar-refractivity contribution is 8.13. The molecule has 2 aliphatic rings. The van der Waals surface area contributed by atoms with Gasteiger partial charge in [0, 0.05) is 11.3 Å². The molecule has 0 aliphatic carbocycles. The van der Waals surface area contributed by atoms with E-state index in [4.69, 9.17) is 9.47 Å². The van der Waals surface area contributed by atoms with Gasteiger partial charge in [-0.1, -0.05) is 18.2 Å². The highest BCUT2D eigenvalue weighted by Gasteiger charge is 2.53. The van der Waals surface area contributed by atoms with Crippen LogP contribution in [-0.2, 0) is 5.72 Å². The molecule has 0 amide bonds. The molecule has 0 bridgehead atoms. The maximum atomic E-state index is 11.7. The molecule has 136 valence electrons. The summed E-state index contributed by atoms with van der Waals surface area (Å²) >= 11 is 1.80. The number of anilines is 1. The second-order valence-electron chi connectivity index (χ2n) is 6.44. The summed E-state index contributed by atoms with van der Waals surface area (Å²) in [5.74, 6) is 2.36. The van der Waals surface area contributed by atoms with Crippen LogP contribution in [0.15, 0.2) is 48.5 Å². The number of nitrogens with zero attached hydrogens (tertiary/aromatic N) is 2. The van der Waals surface area contributed by atoms with Gasteiger partial charge in [-0.15, -0.1) is 0 Å². The van der Waals surface area contributed by atoms with E-state index < -0.39 is 5.72 Å². The summed E-state index contributed by atoms with van der Waals surface area (Å²) in [6, 6.07) is 15.9. The summed E-state index contributed by atoms with van der Waals surface area (Å²) < 4.78 is 12.9. The smallest absolute Gasteiger partial charge is 0.316 e. The molecule has 0 spiro atoms. The summed E-state index contributed by atoms with van der Waals surface area (Å²) in [5.41, 5.74) is 0.810. The fourth-order valence-electron chi connectivity index (χ4n) is 3.64. The number of rotatable bonds is 4. The molecule has 1 atom stereocenters. The Morgan fingerprint density at radius 3 is 2.58 bits per heavy atom. The molecular formula is C20H23N2O3S+. The van der Waals surface area contributed by atoms with Gasteiger partial charge < -0.3 is 14.6 Å². The zero-order valence-electron chi connectivity index (χ0n) is 15.0. The van der Waals surface area contributed by atoms with Crippen molar-refractivity contribution in [2.45, 2.75) is 12.1 Å². The first-order chi connectivity index (χ1) is 12.7. The molecule has 5 nitrogen and oxygen atoms in total. The van der Waals surface area contributed by atoms with Crippen molar-refractivity contribution in [3.8, 4) is 11.5 Å². The van der Waals surface area contributed by atoms with E-state index in [1.165, 1.54) is 0 Å². The number of hydrogen-bond donors (Lipinski definition) is 1. The molecule has 4 rings (SSSR count). The number of methoxy groups -OCH3 is 2. The van der Waals surface area contributed by atoms with Crippen molar-refractivity contribution in [2.24, 2.45) is 0 Å². The number of benzene rings is 2. The van der Waals surface area contributed by atoms with Crippen LogP contribution in [0.5, 0.6) is 11.5 Å². The van der Waals surface area contributed by atoms with Crippen molar-refractivity contribution in [2.75, 3.05) is 38.0 Å². The molecule has 0 saturated heterocycles. The molecule has 0 fully saturated rings. The van der Waals surface area contributed by atoms with Gasteiger partial charge >= 0.3 is 5.17 Å². The van der Waals surface area contributed by atoms with Gasteiger partial charge in [0.25, 0.3) is 5.72 Å². The Hall–Kier alpha value is -2.18. The molecule has 26 heavy (non-hydrogen) atoms. The summed E-state index contributed by atoms with van der Waals surface area (Å²) in [6.45, 7) is 1.31. The molecule has 2 aliphatic heterocycles. The van der Waals surface area contributed by atoms with E-state index >= 15 is 0 Å². The topological polar surface area (TPSA) is 44.9 Å². The number of β-amino-alcohol motifs (C(OH)–C–C–N with tert-alkyl or cyclic N) is 1. The Morgan fingerprint density at radius 1 is 1.08 bits per heavy atom. The first-order valence-electron chi connectivity index (χ1n) is 8.72. The average Bonchev–Trinajstić information content (AvgIpc) is 3.02. The maximum Gasteiger partial charge on any atom is 0.316 e. The third-order valence-electron chi connectivity index (χ3n) is 4.96. The van der Waals surface area contributed by atoms with Gasteiger partial charge in [-0.3, -0.25) is 0 Å². The van der Waals surface area contributed by atoms with E-state index in [1.54, 1.807) is 26.0 Å². The molecule has 2 heterocycles. The van der Waals surface area contributed by atoms with Crippen molar-refractivity contribution in [3.63, 3.8) is 0 Å². The lowest BCUT2D eigenvalue weighted by Crippen LogP contribution is -2.41. The van der Waals surface area contributed by atoms with Crippen molar-refractivity contribution in [1.82, 2.24) is 0 Å². The Bertz CT molecular complexity index is 840. The summed E-state index contributed by atoms with van der Waals surface area (Å²) in [7, 11) is 3.23. The molecule has 0 unspecified atom stereocenters. The summed E-state index contributed by atoms with van der Waals surface area (Å²) in [6.07, 6.45) is 1.05. The zero-order valence-corrected chi connectivity index (χ0v) is 15.8. The third kappa shape index (κ3) is 2.73. The van der Waals surface area contributed by atoms with E-state index in [9.17, 15) is 5.11 Å². The standard InChI is InChI=1S/C20H23N2O3S/c1-24-17-10-9-15(13-18(17)25-2)20(23)14-21(16-7-4-3-5-8-16)19-22(20)11-6-12-26-19/h3-5,7-10,13,23H,6,11-12,14H2,1-2H3/q+1/t20-/m1/s1. The van der Waals surface area contributed by atoms with Crippen molar-refractivity contribution >= 4 is 22.6 Å². The average molecular weight is 371 g/mol. The Morgan fingerprint density at radius 2 is 1.85 bits per heavy atom. The lowest BCUT2D eigenvalue weighted by atomic mass is 10.0. The van der Waals surface area contributed by atoms with Gasteiger partial charge in [0.15, 0.2) is 18.0 Å². The van der Waals surface area contributed by atoms with Gasteiger partial charge in [0.1, 0.15) is 5.69 Å². The minimum absolute atomic E-state index is 0.481. The molecule has 0 aromatic heterocycles.